The van der Waals surface area contributed by atoms with Gasteiger partial charge < -0.3 is 10.2 Å². The number of halogens is 1. The number of aryl methyl sites for hydroxylation is 1. The maximum Gasteiger partial charge on any atom is 0.254 e. The summed E-state index contributed by atoms with van der Waals surface area (Å²) in [6.45, 7) is 3.02. The Hall–Kier alpha value is -2.01. The molecule has 0 saturated carbocycles. The van der Waals surface area contributed by atoms with Gasteiger partial charge in [-0.05, 0) is 30.9 Å². The van der Waals surface area contributed by atoms with Gasteiger partial charge in [0.05, 0.1) is 5.56 Å². The Morgan fingerprint density at radius 3 is 2.86 bits per heavy atom. The van der Waals surface area contributed by atoms with Crippen LogP contribution < -0.4 is 5.32 Å². The Morgan fingerprint density at radius 2 is 2.05 bits per heavy atom. The van der Waals surface area contributed by atoms with E-state index in [4.69, 9.17) is 0 Å². The number of nitrogens with zero attached hydrogens (tertiary/aromatic N) is 2. The second kappa shape index (κ2) is 5.32. The number of aromatic nitrogens is 1. The van der Waals surface area contributed by atoms with Crippen molar-refractivity contribution in [2.24, 2.45) is 0 Å². The fourth-order valence-electron chi connectivity index (χ4n) is 3.52. The highest BCUT2D eigenvalue weighted by atomic mass is 19.1. The van der Waals surface area contributed by atoms with E-state index < -0.39 is 0 Å². The van der Waals surface area contributed by atoms with Crippen LogP contribution >= 0.6 is 0 Å². The minimum Gasteiger partial charge on any atom is -0.336 e. The van der Waals surface area contributed by atoms with Gasteiger partial charge in [-0.2, -0.15) is 0 Å². The van der Waals surface area contributed by atoms with Gasteiger partial charge in [0.25, 0.3) is 5.91 Å². The molecule has 2 heterocycles. The van der Waals surface area contributed by atoms with Crippen LogP contribution in [-0.4, -0.2) is 42.0 Å². The molecule has 4 nitrogen and oxygen atoms in total. The molecule has 1 aromatic heterocycles. The quantitative estimate of drug-likeness (QED) is 0.875. The zero-order valence-electron chi connectivity index (χ0n) is 12.4. The predicted octanol–water partition coefficient (Wildman–Crippen LogP) is 1.91. The van der Waals surface area contributed by atoms with E-state index in [1.54, 1.807) is 6.07 Å². The molecule has 2 aromatic rings. The molecule has 114 valence electrons. The van der Waals surface area contributed by atoms with Crippen molar-refractivity contribution in [2.75, 3.05) is 26.2 Å². The number of rotatable bonds is 1. The molecule has 1 fully saturated rings. The van der Waals surface area contributed by atoms with Crippen molar-refractivity contribution in [3.63, 3.8) is 0 Å². The van der Waals surface area contributed by atoms with Crippen LogP contribution in [0.25, 0.3) is 10.9 Å². The van der Waals surface area contributed by atoms with Crippen molar-refractivity contribution in [1.29, 1.82) is 0 Å². The van der Waals surface area contributed by atoms with Crippen molar-refractivity contribution < 1.29 is 9.18 Å². The number of pyridine rings is 1. The maximum absolute atomic E-state index is 14.1. The number of amides is 1. The molecule has 0 bridgehead atoms. The lowest BCUT2D eigenvalue weighted by molar-refractivity contribution is 0.0736. The van der Waals surface area contributed by atoms with Gasteiger partial charge in [0.15, 0.2) is 0 Å². The van der Waals surface area contributed by atoms with Crippen molar-refractivity contribution in [1.82, 2.24) is 15.2 Å². The maximum atomic E-state index is 14.1. The zero-order chi connectivity index (χ0) is 15.1. The fourth-order valence-corrected chi connectivity index (χ4v) is 3.52. The Bertz CT molecular complexity index is 753. The third kappa shape index (κ3) is 2.08. The molecule has 1 saturated heterocycles. The van der Waals surface area contributed by atoms with Gasteiger partial charge in [-0.1, -0.05) is 12.1 Å². The molecule has 1 aromatic carbocycles. The number of para-hydroxylation sites is 1. The summed E-state index contributed by atoms with van der Waals surface area (Å²) in [6, 6.07) is 4.89. The molecule has 0 radical (unpaired) electrons. The molecule has 4 rings (SSSR count). The van der Waals surface area contributed by atoms with Crippen LogP contribution in [0.1, 0.15) is 28.0 Å². The Morgan fingerprint density at radius 1 is 1.23 bits per heavy atom. The molecule has 5 heteroatoms. The van der Waals surface area contributed by atoms with E-state index in [9.17, 15) is 9.18 Å². The summed E-state index contributed by atoms with van der Waals surface area (Å²) < 4.78 is 14.1. The second-order valence-electron chi connectivity index (χ2n) is 5.94. The topological polar surface area (TPSA) is 45.2 Å². The van der Waals surface area contributed by atoms with E-state index in [-0.39, 0.29) is 11.7 Å². The average Bonchev–Trinajstić information content (AvgIpc) is 3.02. The number of carbonyl (C=O) groups excluding carboxylic acids is 1. The van der Waals surface area contributed by atoms with E-state index in [0.29, 0.717) is 29.6 Å². The van der Waals surface area contributed by atoms with E-state index in [0.717, 1.165) is 43.6 Å². The van der Waals surface area contributed by atoms with E-state index in [2.05, 4.69) is 10.3 Å². The third-order valence-corrected chi connectivity index (χ3v) is 4.61. The van der Waals surface area contributed by atoms with Gasteiger partial charge in [0.2, 0.25) is 0 Å². The summed E-state index contributed by atoms with van der Waals surface area (Å²) in [6.07, 6.45) is 2.69. The van der Waals surface area contributed by atoms with Crippen LogP contribution in [0.2, 0.25) is 0 Å². The van der Waals surface area contributed by atoms with E-state index >= 15 is 0 Å². The van der Waals surface area contributed by atoms with Crippen molar-refractivity contribution >= 4 is 16.8 Å². The van der Waals surface area contributed by atoms with Gasteiger partial charge in [0, 0.05) is 37.3 Å². The first-order valence-corrected chi connectivity index (χ1v) is 7.85. The van der Waals surface area contributed by atoms with Crippen LogP contribution in [0.3, 0.4) is 0 Å². The molecule has 1 amide bonds. The van der Waals surface area contributed by atoms with Crippen LogP contribution in [0.15, 0.2) is 18.2 Å². The summed E-state index contributed by atoms with van der Waals surface area (Å²) in [5.41, 5.74) is 2.94. The Balaban J connectivity index is 1.91. The van der Waals surface area contributed by atoms with Gasteiger partial charge in [0.1, 0.15) is 11.3 Å². The number of carbonyl (C=O) groups is 1. The molecular formula is C17H18FN3O. The number of hydrogen-bond acceptors (Lipinski definition) is 3. The first-order valence-electron chi connectivity index (χ1n) is 7.85. The lowest BCUT2D eigenvalue weighted by Gasteiger charge is -2.28. The van der Waals surface area contributed by atoms with Crippen LogP contribution in [0, 0.1) is 5.82 Å². The highest BCUT2D eigenvalue weighted by Gasteiger charge is 2.28. The molecule has 1 aliphatic heterocycles. The lowest BCUT2D eigenvalue weighted by Crippen LogP contribution is -2.46. The highest BCUT2D eigenvalue weighted by molar-refractivity contribution is 6.08. The zero-order valence-corrected chi connectivity index (χ0v) is 12.4. The standard InChI is InChI=1S/C17H18FN3O/c18-13-5-1-4-12-15(17(22)21-9-7-19-8-10-21)11-3-2-6-14(11)20-16(12)13/h1,4-5,19H,2-3,6-10H2. The third-order valence-electron chi connectivity index (χ3n) is 4.61. The van der Waals surface area contributed by atoms with Gasteiger partial charge in [-0.15, -0.1) is 0 Å². The first-order chi connectivity index (χ1) is 10.8. The van der Waals surface area contributed by atoms with Crippen molar-refractivity contribution in [2.45, 2.75) is 19.3 Å². The molecule has 1 aliphatic carbocycles. The number of piperazine rings is 1. The summed E-state index contributed by atoms with van der Waals surface area (Å²) in [5.74, 6) is -0.320. The summed E-state index contributed by atoms with van der Waals surface area (Å²) in [5, 5.41) is 3.91. The smallest absolute Gasteiger partial charge is 0.254 e. The van der Waals surface area contributed by atoms with Gasteiger partial charge in [-0.25, -0.2) is 9.37 Å². The molecule has 1 N–H and O–H groups in total. The number of benzene rings is 1. The minimum atomic E-state index is -0.346. The van der Waals surface area contributed by atoms with Gasteiger partial charge >= 0.3 is 0 Å². The Labute approximate surface area is 128 Å². The number of fused-ring (bicyclic) bond motifs is 2. The largest absolute Gasteiger partial charge is 0.336 e. The summed E-state index contributed by atoms with van der Waals surface area (Å²) in [7, 11) is 0. The van der Waals surface area contributed by atoms with Crippen LogP contribution in [0.4, 0.5) is 4.39 Å². The number of nitrogens with one attached hydrogen (secondary N) is 1. The molecule has 0 atom stereocenters. The molecule has 22 heavy (non-hydrogen) atoms. The van der Waals surface area contributed by atoms with Crippen LogP contribution in [-0.2, 0) is 12.8 Å². The fraction of sp³-hybridized carbons (Fsp3) is 0.412. The van der Waals surface area contributed by atoms with Gasteiger partial charge in [-0.3, -0.25) is 4.79 Å². The predicted molar refractivity (Wildman–Crippen MR) is 82.5 cm³/mol. The average molecular weight is 299 g/mol. The molecule has 0 spiro atoms. The number of hydrogen-bond donors (Lipinski definition) is 1. The summed E-state index contributed by atoms with van der Waals surface area (Å²) in [4.78, 5) is 19.4. The van der Waals surface area contributed by atoms with Crippen molar-refractivity contribution in [3.8, 4) is 0 Å². The normalized spacial score (nSPS) is 17.8. The van der Waals surface area contributed by atoms with E-state index in [1.807, 2.05) is 11.0 Å². The lowest BCUT2D eigenvalue weighted by atomic mass is 9.99. The second-order valence-corrected chi connectivity index (χ2v) is 5.94. The Kier molecular flexibility index (Phi) is 3.30. The summed E-state index contributed by atoms with van der Waals surface area (Å²) >= 11 is 0. The molecular weight excluding hydrogens is 281 g/mol. The highest BCUT2D eigenvalue weighted by Crippen LogP contribution is 2.31. The SMILES string of the molecule is O=C(c1c2c(nc3c(F)cccc13)CCC2)N1CCNCC1. The van der Waals surface area contributed by atoms with Crippen LogP contribution in [0.5, 0.6) is 0 Å². The first kappa shape index (κ1) is 13.6. The molecule has 0 unspecified atom stereocenters. The van der Waals surface area contributed by atoms with E-state index in [1.165, 1.54) is 6.07 Å². The molecule has 2 aliphatic rings. The monoisotopic (exact) mass is 299 g/mol. The van der Waals surface area contributed by atoms with Crippen molar-refractivity contribution in [3.05, 3.63) is 40.8 Å². The minimum absolute atomic E-state index is 0.0256.